The molecule has 5 heteroatoms. The van der Waals surface area contributed by atoms with Gasteiger partial charge < -0.3 is 14.7 Å². The van der Waals surface area contributed by atoms with Crippen molar-refractivity contribution in [2.75, 3.05) is 18.0 Å². The van der Waals surface area contributed by atoms with Crippen LogP contribution in [0.2, 0.25) is 0 Å². The zero-order valence-corrected chi connectivity index (χ0v) is 15.4. The Kier molecular flexibility index (Phi) is 5.03. The number of ether oxygens (including phenoxy) is 1. The molecule has 1 atom stereocenters. The predicted octanol–water partition coefficient (Wildman–Crippen LogP) is 3.60. The van der Waals surface area contributed by atoms with Gasteiger partial charge in [-0.2, -0.15) is 5.10 Å². The van der Waals surface area contributed by atoms with Crippen LogP contribution in [0.5, 0.6) is 5.88 Å². The van der Waals surface area contributed by atoms with Crippen molar-refractivity contribution in [3.63, 3.8) is 0 Å². The topological polar surface area (TPSA) is 58.5 Å². The maximum atomic E-state index is 9.90. The van der Waals surface area contributed by atoms with Crippen molar-refractivity contribution >= 4 is 5.69 Å². The lowest BCUT2D eigenvalue weighted by Crippen LogP contribution is -2.25. The van der Waals surface area contributed by atoms with Gasteiger partial charge in [0.2, 0.25) is 5.88 Å². The fourth-order valence-corrected chi connectivity index (χ4v) is 3.49. The Morgan fingerprint density at radius 2 is 1.89 bits per heavy atom. The first-order chi connectivity index (χ1) is 13.2. The molecule has 4 rings (SSSR count). The molecule has 0 bridgehead atoms. The van der Waals surface area contributed by atoms with E-state index >= 15 is 0 Å². The number of nitrogens with zero attached hydrogens (tertiary/aromatic N) is 3. The molecule has 0 saturated carbocycles. The smallest absolute Gasteiger partial charge is 0.233 e. The molecular formula is C22H23N3O2. The van der Waals surface area contributed by atoms with E-state index in [-0.39, 0.29) is 12.7 Å². The van der Waals surface area contributed by atoms with Crippen LogP contribution in [0.4, 0.5) is 5.69 Å². The van der Waals surface area contributed by atoms with Crippen molar-refractivity contribution in [3.05, 3.63) is 71.9 Å². The number of aliphatic hydroxyl groups excluding tert-OH is 1. The highest BCUT2D eigenvalue weighted by molar-refractivity contribution is 5.69. The van der Waals surface area contributed by atoms with Crippen LogP contribution in [0, 0.1) is 6.92 Å². The van der Waals surface area contributed by atoms with Crippen LogP contribution in [0.3, 0.4) is 0 Å². The molecule has 2 aromatic carbocycles. The number of aryl methyl sites for hydroxylation is 1. The van der Waals surface area contributed by atoms with Crippen molar-refractivity contribution in [1.82, 2.24) is 10.2 Å². The minimum atomic E-state index is 0.0153. The number of aromatic nitrogens is 2. The van der Waals surface area contributed by atoms with Gasteiger partial charge in [0.25, 0.3) is 0 Å². The second-order valence-electron chi connectivity index (χ2n) is 6.86. The first kappa shape index (κ1) is 17.5. The second-order valence-corrected chi connectivity index (χ2v) is 6.86. The van der Waals surface area contributed by atoms with Crippen LogP contribution in [-0.4, -0.2) is 34.5 Å². The highest BCUT2D eigenvalue weighted by Gasteiger charge is 2.26. The molecule has 1 saturated heterocycles. The van der Waals surface area contributed by atoms with Crippen molar-refractivity contribution < 1.29 is 9.84 Å². The van der Waals surface area contributed by atoms with E-state index in [2.05, 4.69) is 45.4 Å². The molecule has 1 fully saturated rings. The Balaban J connectivity index is 1.49. The maximum absolute atomic E-state index is 9.90. The Labute approximate surface area is 159 Å². The molecule has 0 unspecified atom stereocenters. The molecule has 1 aliphatic rings. The minimum absolute atomic E-state index is 0.0153. The average molecular weight is 361 g/mol. The maximum Gasteiger partial charge on any atom is 0.233 e. The third kappa shape index (κ3) is 3.93. The largest absolute Gasteiger partial charge is 0.471 e. The summed E-state index contributed by atoms with van der Waals surface area (Å²) in [4.78, 5) is 2.27. The zero-order chi connectivity index (χ0) is 18.6. The van der Waals surface area contributed by atoms with Gasteiger partial charge in [0, 0.05) is 30.3 Å². The Hall–Kier alpha value is -2.92. The summed E-state index contributed by atoms with van der Waals surface area (Å²) in [5, 5.41) is 18.0. The van der Waals surface area contributed by atoms with E-state index < -0.39 is 0 Å². The van der Waals surface area contributed by atoms with Gasteiger partial charge in [-0.1, -0.05) is 36.4 Å². The van der Waals surface area contributed by atoms with Gasteiger partial charge in [-0.15, -0.1) is 5.10 Å². The van der Waals surface area contributed by atoms with Crippen LogP contribution >= 0.6 is 0 Å². The SMILES string of the molecule is Cc1ccc(O[C@H]2CCN(c3ccc(-c4ccccc4)cc3CO)C2)nn1. The van der Waals surface area contributed by atoms with Crippen molar-refractivity contribution in [2.24, 2.45) is 0 Å². The van der Waals surface area contributed by atoms with Crippen molar-refractivity contribution in [1.29, 1.82) is 0 Å². The third-order valence-electron chi connectivity index (χ3n) is 4.90. The van der Waals surface area contributed by atoms with Gasteiger partial charge >= 0.3 is 0 Å². The molecule has 1 aromatic heterocycles. The minimum Gasteiger partial charge on any atom is -0.471 e. The molecule has 1 aliphatic heterocycles. The van der Waals surface area contributed by atoms with Crippen LogP contribution in [0.25, 0.3) is 11.1 Å². The van der Waals surface area contributed by atoms with Gasteiger partial charge in [0.15, 0.2) is 0 Å². The zero-order valence-electron chi connectivity index (χ0n) is 15.4. The number of hydrogen-bond donors (Lipinski definition) is 1. The van der Waals surface area contributed by atoms with E-state index in [9.17, 15) is 5.11 Å². The quantitative estimate of drug-likeness (QED) is 0.752. The monoisotopic (exact) mass is 361 g/mol. The summed E-state index contributed by atoms with van der Waals surface area (Å²) < 4.78 is 5.97. The standard InChI is InChI=1S/C22H23N3O2/c1-16-7-10-22(24-23-16)27-20-11-12-25(14-20)21-9-8-18(13-19(21)15-26)17-5-3-2-4-6-17/h2-10,13,20,26H,11-12,14-15H2,1H3/t20-/m0/s1. The lowest BCUT2D eigenvalue weighted by atomic mass is 10.0. The van der Waals surface area contributed by atoms with Crippen molar-refractivity contribution in [2.45, 2.75) is 26.1 Å². The van der Waals surface area contributed by atoms with E-state index in [1.165, 1.54) is 0 Å². The predicted molar refractivity (Wildman–Crippen MR) is 106 cm³/mol. The number of rotatable bonds is 5. The van der Waals surface area contributed by atoms with E-state index in [0.717, 1.165) is 47.6 Å². The fraction of sp³-hybridized carbons (Fsp3) is 0.273. The lowest BCUT2D eigenvalue weighted by molar-refractivity contribution is 0.213. The molecule has 0 spiro atoms. The van der Waals surface area contributed by atoms with Crippen LogP contribution in [0.15, 0.2) is 60.7 Å². The third-order valence-corrected chi connectivity index (χ3v) is 4.90. The van der Waals surface area contributed by atoms with Gasteiger partial charge in [-0.05, 0) is 36.2 Å². The normalized spacial score (nSPS) is 16.5. The Bertz CT molecular complexity index is 897. The summed E-state index contributed by atoms with van der Waals surface area (Å²) >= 11 is 0. The summed E-state index contributed by atoms with van der Waals surface area (Å²) in [6.45, 7) is 3.58. The average Bonchev–Trinajstić information content (AvgIpc) is 3.18. The molecule has 1 N–H and O–H groups in total. The molecule has 27 heavy (non-hydrogen) atoms. The van der Waals surface area contributed by atoms with Crippen LogP contribution in [0.1, 0.15) is 17.7 Å². The summed E-state index contributed by atoms with van der Waals surface area (Å²) in [5.74, 6) is 0.564. The van der Waals surface area contributed by atoms with E-state index in [4.69, 9.17) is 4.74 Å². The first-order valence-corrected chi connectivity index (χ1v) is 9.24. The van der Waals surface area contributed by atoms with Gasteiger partial charge in [-0.25, -0.2) is 0 Å². The van der Waals surface area contributed by atoms with Gasteiger partial charge in [0.05, 0.1) is 18.8 Å². The number of aliphatic hydroxyl groups is 1. The summed E-state index contributed by atoms with van der Waals surface area (Å²) in [6.07, 6.45) is 0.989. The molecule has 2 heterocycles. The summed E-state index contributed by atoms with van der Waals surface area (Å²) in [6, 6.07) is 20.3. The number of benzene rings is 2. The fourth-order valence-electron chi connectivity index (χ4n) is 3.49. The number of anilines is 1. The van der Waals surface area contributed by atoms with E-state index in [1.54, 1.807) is 0 Å². The lowest BCUT2D eigenvalue weighted by Gasteiger charge is -2.22. The molecule has 0 aliphatic carbocycles. The molecule has 138 valence electrons. The number of hydrogen-bond acceptors (Lipinski definition) is 5. The van der Waals surface area contributed by atoms with E-state index in [0.29, 0.717) is 5.88 Å². The molecule has 0 radical (unpaired) electrons. The van der Waals surface area contributed by atoms with E-state index in [1.807, 2.05) is 37.3 Å². The van der Waals surface area contributed by atoms with Gasteiger partial charge in [-0.3, -0.25) is 0 Å². The highest BCUT2D eigenvalue weighted by atomic mass is 16.5. The Morgan fingerprint density at radius 1 is 1.04 bits per heavy atom. The van der Waals surface area contributed by atoms with Crippen LogP contribution in [-0.2, 0) is 6.61 Å². The van der Waals surface area contributed by atoms with Crippen LogP contribution < -0.4 is 9.64 Å². The Morgan fingerprint density at radius 3 is 2.63 bits per heavy atom. The molecular weight excluding hydrogens is 338 g/mol. The first-order valence-electron chi connectivity index (χ1n) is 9.24. The summed E-state index contributed by atoms with van der Waals surface area (Å²) in [5.41, 5.74) is 5.15. The molecule has 3 aromatic rings. The van der Waals surface area contributed by atoms with Crippen molar-refractivity contribution in [3.8, 4) is 17.0 Å². The second kappa shape index (κ2) is 7.76. The van der Waals surface area contributed by atoms with Gasteiger partial charge in [0.1, 0.15) is 6.10 Å². The molecule has 0 amide bonds. The molecule has 5 nitrogen and oxygen atoms in total. The summed E-state index contributed by atoms with van der Waals surface area (Å²) in [7, 11) is 0. The highest BCUT2D eigenvalue weighted by Crippen LogP contribution is 2.30.